The van der Waals surface area contributed by atoms with Gasteiger partial charge in [0.25, 0.3) is 0 Å². The predicted molar refractivity (Wildman–Crippen MR) is 93.0 cm³/mol. The maximum Gasteiger partial charge on any atom is 0.235 e. The molecule has 0 unspecified atom stereocenters. The van der Waals surface area contributed by atoms with Crippen LogP contribution in [-0.4, -0.2) is 13.0 Å². The second-order valence-corrected chi connectivity index (χ2v) is 5.83. The molecule has 2 aromatic rings. The lowest BCUT2D eigenvalue weighted by Gasteiger charge is -2.19. The molecule has 1 saturated carbocycles. The van der Waals surface area contributed by atoms with Crippen LogP contribution < -0.4 is 14.8 Å². The zero-order valence-electron chi connectivity index (χ0n) is 14.1. The van der Waals surface area contributed by atoms with E-state index in [1.807, 2.05) is 12.1 Å². The molecule has 0 aromatic heterocycles. The molecule has 128 valence electrons. The Labute approximate surface area is 146 Å². The maximum atomic E-state index is 13.0. The van der Waals surface area contributed by atoms with Gasteiger partial charge in [0.1, 0.15) is 11.9 Å². The molecule has 0 atom stereocenters. The van der Waals surface area contributed by atoms with E-state index in [1.54, 1.807) is 20.1 Å². The minimum absolute atomic E-state index is 0.151. The molecule has 0 radical (unpaired) electrons. The molecule has 1 aliphatic rings. The van der Waals surface area contributed by atoms with E-state index >= 15 is 0 Å². The van der Waals surface area contributed by atoms with Gasteiger partial charge in [-0.25, -0.2) is 4.39 Å². The van der Waals surface area contributed by atoms with Gasteiger partial charge in [-0.3, -0.25) is 4.79 Å². The van der Waals surface area contributed by atoms with E-state index in [0.29, 0.717) is 30.0 Å². The second-order valence-electron chi connectivity index (χ2n) is 5.83. The average Bonchev–Trinajstić information content (AvgIpc) is 3.43. The van der Waals surface area contributed by atoms with Crippen LogP contribution in [0.4, 0.5) is 10.1 Å². The molecule has 25 heavy (non-hydrogen) atoms. The summed E-state index contributed by atoms with van der Waals surface area (Å²) in [5, 5.41) is 2.85. The number of nitrogens with one attached hydrogen (secondary N) is 1. The van der Waals surface area contributed by atoms with Crippen LogP contribution >= 0.6 is 0 Å². The Morgan fingerprint density at radius 3 is 2.52 bits per heavy atom. The molecular weight excluding hydrogens is 321 g/mol. The van der Waals surface area contributed by atoms with Gasteiger partial charge >= 0.3 is 0 Å². The number of carbonyl (C=O) groups excluding carboxylic acids is 1. The Kier molecular flexibility index (Phi) is 4.62. The Balaban J connectivity index is 1.92. The molecule has 5 heteroatoms. The van der Waals surface area contributed by atoms with E-state index in [0.717, 1.165) is 5.56 Å². The number of amides is 1. The topological polar surface area (TPSA) is 47.6 Å². The number of rotatable bonds is 5. The highest BCUT2D eigenvalue weighted by Crippen LogP contribution is 2.53. The monoisotopic (exact) mass is 339 g/mol. The summed E-state index contributed by atoms with van der Waals surface area (Å²) in [4.78, 5) is 12.9. The van der Waals surface area contributed by atoms with Crippen molar-refractivity contribution in [2.75, 3.05) is 12.4 Å². The quantitative estimate of drug-likeness (QED) is 0.842. The van der Waals surface area contributed by atoms with Gasteiger partial charge in [-0.1, -0.05) is 18.1 Å². The first-order valence-electron chi connectivity index (χ1n) is 7.94. The van der Waals surface area contributed by atoms with Crippen LogP contribution in [0.5, 0.6) is 11.5 Å². The van der Waals surface area contributed by atoms with Crippen LogP contribution in [0.1, 0.15) is 25.3 Å². The van der Waals surface area contributed by atoms with Crippen LogP contribution in [0.15, 0.2) is 42.5 Å². The molecule has 1 N–H and O–H groups in total. The van der Waals surface area contributed by atoms with Gasteiger partial charge in [0, 0.05) is 18.2 Å². The van der Waals surface area contributed by atoms with E-state index in [4.69, 9.17) is 9.47 Å². The first-order chi connectivity index (χ1) is 12.1. The molecule has 1 amide bonds. The fourth-order valence-electron chi connectivity index (χ4n) is 2.79. The summed E-state index contributed by atoms with van der Waals surface area (Å²) < 4.78 is 23.9. The molecule has 0 spiro atoms. The summed E-state index contributed by atoms with van der Waals surface area (Å²) in [6, 6.07) is 11.1. The van der Waals surface area contributed by atoms with E-state index < -0.39 is 5.41 Å². The number of para-hydroxylation sites is 1. The molecule has 0 aliphatic heterocycles. The summed E-state index contributed by atoms with van der Waals surface area (Å²) in [5.41, 5.74) is 0.610. The molecule has 1 aliphatic carbocycles. The highest BCUT2D eigenvalue weighted by molar-refractivity contribution is 6.02. The fourth-order valence-corrected chi connectivity index (χ4v) is 2.79. The van der Waals surface area contributed by atoms with Crippen LogP contribution in [0.25, 0.3) is 0 Å². The molecule has 0 heterocycles. The van der Waals surface area contributed by atoms with Crippen molar-refractivity contribution in [2.24, 2.45) is 0 Å². The molecule has 1 fully saturated rings. The van der Waals surface area contributed by atoms with Gasteiger partial charge in [0.05, 0.1) is 12.5 Å². The summed E-state index contributed by atoms with van der Waals surface area (Å²) in [7, 11) is 1.55. The number of benzene rings is 2. The van der Waals surface area contributed by atoms with E-state index in [2.05, 4.69) is 17.3 Å². The molecule has 2 aromatic carbocycles. The van der Waals surface area contributed by atoms with Crippen molar-refractivity contribution in [1.29, 1.82) is 0 Å². The summed E-state index contributed by atoms with van der Waals surface area (Å²) in [6.07, 6.45) is 3.97. The SMILES string of the molecule is CC#COc1c(OC)cccc1C1(C(=O)Nc2ccc(F)cc2)CC1. The van der Waals surface area contributed by atoms with Crippen LogP contribution in [0.2, 0.25) is 0 Å². The highest BCUT2D eigenvalue weighted by atomic mass is 19.1. The first-order valence-corrected chi connectivity index (χ1v) is 7.94. The normalized spacial score (nSPS) is 14.0. The van der Waals surface area contributed by atoms with Crippen molar-refractivity contribution in [3.8, 4) is 23.5 Å². The third kappa shape index (κ3) is 3.29. The van der Waals surface area contributed by atoms with Gasteiger partial charge in [0.2, 0.25) is 5.91 Å². The second kappa shape index (κ2) is 6.86. The minimum Gasteiger partial charge on any atom is -0.493 e. The van der Waals surface area contributed by atoms with Gasteiger partial charge in [0.15, 0.2) is 11.5 Å². The van der Waals surface area contributed by atoms with E-state index in [1.165, 1.54) is 24.3 Å². The third-order valence-electron chi connectivity index (χ3n) is 4.26. The smallest absolute Gasteiger partial charge is 0.235 e. The van der Waals surface area contributed by atoms with Gasteiger partial charge in [-0.15, -0.1) is 0 Å². The number of hydrogen-bond acceptors (Lipinski definition) is 3. The predicted octanol–water partition coefficient (Wildman–Crippen LogP) is 3.86. The number of carbonyl (C=O) groups is 1. The first kappa shape index (κ1) is 16.8. The van der Waals surface area contributed by atoms with Crippen molar-refractivity contribution in [1.82, 2.24) is 0 Å². The Morgan fingerprint density at radius 1 is 1.20 bits per heavy atom. The third-order valence-corrected chi connectivity index (χ3v) is 4.26. The lowest BCUT2D eigenvalue weighted by Crippen LogP contribution is -2.28. The summed E-state index contributed by atoms with van der Waals surface area (Å²) in [6.45, 7) is 1.67. The van der Waals surface area contributed by atoms with E-state index in [9.17, 15) is 9.18 Å². The van der Waals surface area contributed by atoms with E-state index in [-0.39, 0.29) is 11.7 Å². The lowest BCUT2D eigenvalue weighted by molar-refractivity contribution is -0.118. The highest BCUT2D eigenvalue weighted by Gasteiger charge is 2.53. The zero-order valence-corrected chi connectivity index (χ0v) is 14.1. The molecule has 4 nitrogen and oxygen atoms in total. The van der Waals surface area contributed by atoms with Crippen LogP contribution in [0, 0.1) is 17.8 Å². The lowest BCUT2D eigenvalue weighted by atomic mass is 9.93. The number of halogens is 1. The Morgan fingerprint density at radius 2 is 1.92 bits per heavy atom. The largest absolute Gasteiger partial charge is 0.493 e. The minimum atomic E-state index is -0.687. The molecule has 0 bridgehead atoms. The van der Waals surface area contributed by atoms with Gasteiger partial charge < -0.3 is 14.8 Å². The Bertz CT molecular complexity index is 845. The molecule has 3 rings (SSSR count). The number of ether oxygens (including phenoxy) is 2. The van der Waals surface area contributed by atoms with Crippen molar-refractivity contribution in [2.45, 2.75) is 25.2 Å². The number of hydrogen-bond donors (Lipinski definition) is 1. The standard InChI is InChI=1S/C20H18FNO3/c1-3-13-25-18-16(5-4-6-17(18)24-2)20(11-12-20)19(23)22-15-9-7-14(21)8-10-15/h4-10H,11-12H2,1-2H3,(H,22,23). The van der Waals surface area contributed by atoms with Crippen molar-refractivity contribution in [3.63, 3.8) is 0 Å². The average molecular weight is 339 g/mol. The van der Waals surface area contributed by atoms with Crippen molar-refractivity contribution < 1.29 is 18.7 Å². The summed E-state index contributed by atoms with van der Waals surface area (Å²) >= 11 is 0. The maximum absolute atomic E-state index is 13.0. The molecular formula is C20H18FNO3. The van der Waals surface area contributed by atoms with Crippen LogP contribution in [-0.2, 0) is 10.2 Å². The summed E-state index contributed by atoms with van der Waals surface area (Å²) in [5.74, 6) is 3.17. The zero-order chi connectivity index (χ0) is 17.9. The van der Waals surface area contributed by atoms with Crippen molar-refractivity contribution >= 4 is 11.6 Å². The van der Waals surface area contributed by atoms with Crippen molar-refractivity contribution in [3.05, 3.63) is 53.8 Å². The fraction of sp³-hybridized carbons (Fsp3) is 0.250. The Hall–Kier alpha value is -3.00. The van der Waals surface area contributed by atoms with Crippen LogP contribution in [0.3, 0.4) is 0 Å². The number of methoxy groups -OCH3 is 1. The van der Waals surface area contributed by atoms with Gasteiger partial charge in [-0.2, -0.15) is 0 Å². The number of anilines is 1. The van der Waals surface area contributed by atoms with Gasteiger partial charge in [-0.05, 0) is 43.2 Å². The molecule has 0 saturated heterocycles.